The van der Waals surface area contributed by atoms with Gasteiger partial charge < -0.3 is 5.32 Å². The number of thioether (sulfide) groups is 2. The van der Waals surface area contributed by atoms with Gasteiger partial charge in [0.1, 0.15) is 4.38 Å². The quantitative estimate of drug-likeness (QED) is 0.685. The molecule has 2 N–H and O–H groups in total. The van der Waals surface area contributed by atoms with Gasteiger partial charge in [-0.1, -0.05) is 30.4 Å². The molecule has 0 saturated carbocycles. The molecule has 0 fully saturated rings. The minimum Gasteiger partial charge on any atom is -0.325 e. The van der Waals surface area contributed by atoms with E-state index in [1.54, 1.807) is 30.0 Å². The lowest BCUT2D eigenvalue weighted by atomic mass is 10.3. The smallest absolute Gasteiger partial charge is 0.264 e. The predicted octanol–water partition coefficient (Wildman–Crippen LogP) is 2.83. The van der Waals surface area contributed by atoms with E-state index >= 15 is 0 Å². The van der Waals surface area contributed by atoms with Crippen LogP contribution in [0.2, 0.25) is 0 Å². The van der Waals surface area contributed by atoms with E-state index in [9.17, 15) is 13.2 Å². The highest BCUT2D eigenvalue weighted by Crippen LogP contribution is 2.28. The number of nitrogens with one attached hydrogen (secondary N) is 2. The van der Waals surface area contributed by atoms with Gasteiger partial charge in [0.05, 0.1) is 16.7 Å². The third kappa shape index (κ3) is 5.46. The number of aliphatic imine (C=N–C) groups is 1. The molecular formula is C17H19N5O3S3. The highest BCUT2D eigenvalue weighted by Gasteiger charge is 2.22. The first-order valence-electron chi connectivity index (χ1n) is 8.52. The molecule has 0 spiro atoms. The molecule has 1 aromatic heterocycles. The highest BCUT2D eigenvalue weighted by molar-refractivity contribution is 8.39. The van der Waals surface area contributed by atoms with Crippen LogP contribution >= 0.6 is 23.5 Å². The molecule has 148 valence electrons. The summed E-state index contributed by atoms with van der Waals surface area (Å²) < 4.78 is 28.0. The Hall–Kier alpha value is -2.11. The van der Waals surface area contributed by atoms with Gasteiger partial charge in [-0.15, -0.1) is 0 Å². The summed E-state index contributed by atoms with van der Waals surface area (Å²) in [5.74, 6) is 0.822. The van der Waals surface area contributed by atoms with Crippen LogP contribution in [0, 0.1) is 0 Å². The van der Waals surface area contributed by atoms with Crippen LogP contribution in [0.25, 0.3) is 0 Å². The van der Waals surface area contributed by atoms with E-state index in [-0.39, 0.29) is 22.0 Å². The van der Waals surface area contributed by atoms with E-state index in [2.05, 4.69) is 25.0 Å². The lowest BCUT2D eigenvalue weighted by molar-refractivity contribution is -0.115. The number of carbonyl (C=O) groups is 1. The molecule has 0 saturated heterocycles. The third-order valence-electron chi connectivity index (χ3n) is 3.69. The molecule has 1 aliphatic heterocycles. The van der Waals surface area contributed by atoms with Gasteiger partial charge >= 0.3 is 0 Å². The minimum absolute atomic E-state index is 0.00427. The normalized spacial score (nSPS) is 15.0. The molecule has 1 aromatic carbocycles. The molecule has 0 aliphatic carbocycles. The van der Waals surface area contributed by atoms with Crippen molar-refractivity contribution in [3.05, 3.63) is 42.7 Å². The predicted molar refractivity (Wildman–Crippen MR) is 114 cm³/mol. The van der Waals surface area contributed by atoms with E-state index in [1.807, 2.05) is 6.92 Å². The van der Waals surface area contributed by atoms with Gasteiger partial charge in [-0.3, -0.25) is 9.79 Å². The van der Waals surface area contributed by atoms with E-state index in [0.29, 0.717) is 12.1 Å². The molecule has 3 rings (SSSR count). The van der Waals surface area contributed by atoms with Crippen LogP contribution in [0.1, 0.15) is 13.3 Å². The Labute approximate surface area is 172 Å². The minimum atomic E-state index is -3.81. The molecule has 0 radical (unpaired) electrons. The van der Waals surface area contributed by atoms with Gasteiger partial charge in [-0.25, -0.2) is 23.1 Å². The highest BCUT2D eigenvalue weighted by atomic mass is 32.2. The third-order valence-corrected chi connectivity index (χ3v) is 7.60. The van der Waals surface area contributed by atoms with Crippen molar-refractivity contribution in [3.8, 4) is 0 Å². The fourth-order valence-corrected chi connectivity index (χ4v) is 5.41. The Bertz CT molecular complexity index is 950. The SMILES string of the molecule is CCC(SC1=NCCS1)C(=O)Nc1ccc(S(=O)(=O)Nc2ncccn2)cc1. The second-order valence-corrected chi connectivity index (χ2v) is 9.92. The van der Waals surface area contributed by atoms with Crippen LogP contribution in [0.3, 0.4) is 0 Å². The summed E-state index contributed by atoms with van der Waals surface area (Å²) in [5, 5.41) is 2.59. The zero-order valence-corrected chi connectivity index (χ0v) is 17.5. The van der Waals surface area contributed by atoms with Crippen LogP contribution in [0.15, 0.2) is 52.6 Å². The second kappa shape index (κ2) is 9.39. The first kappa shape index (κ1) is 20.6. The molecule has 1 atom stereocenters. The molecule has 1 aliphatic rings. The van der Waals surface area contributed by atoms with E-state index < -0.39 is 10.0 Å². The van der Waals surface area contributed by atoms with Gasteiger partial charge in [-0.2, -0.15) is 0 Å². The topological polar surface area (TPSA) is 113 Å². The molecule has 0 bridgehead atoms. The molecule has 11 heteroatoms. The summed E-state index contributed by atoms with van der Waals surface area (Å²) in [5.41, 5.74) is 0.528. The van der Waals surface area contributed by atoms with Gasteiger partial charge in [0, 0.05) is 23.8 Å². The molecular weight excluding hydrogens is 418 g/mol. The van der Waals surface area contributed by atoms with Crippen molar-refractivity contribution in [1.82, 2.24) is 9.97 Å². The number of amides is 1. The fourth-order valence-electron chi connectivity index (χ4n) is 2.30. The largest absolute Gasteiger partial charge is 0.325 e. The van der Waals surface area contributed by atoms with Gasteiger partial charge in [0.15, 0.2) is 0 Å². The molecule has 2 heterocycles. The van der Waals surface area contributed by atoms with Crippen molar-refractivity contribution in [2.24, 2.45) is 4.99 Å². The number of hydrogen-bond acceptors (Lipinski definition) is 8. The van der Waals surface area contributed by atoms with Crippen LogP contribution < -0.4 is 10.0 Å². The lowest BCUT2D eigenvalue weighted by Crippen LogP contribution is -2.25. The Morgan fingerprint density at radius 1 is 1.25 bits per heavy atom. The van der Waals surface area contributed by atoms with Crippen molar-refractivity contribution in [2.75, 3.05) is 22.3 Å². The van der Waals surface area contributed by atoms with Gasteiger partial charge in [0.2, 0.25) is 11.9 Å². The summed E-state index contributed by atoms with van der Waals surface area (Å²) in [6.45, 7) is 2.74. The van der Waals surface area contributed by atoms with Gasteiger partial charge in [-0.05, 0) is 36.8 Å². The number of carbonyl (C=O) groups excluding carboxylic acids is 1. The number of rotatable bonds is 7. The monoisotopic (exact) mass is 437 g/mol. The Kier molecular flexibility index (Phi) is 6.92. The number of sulfonamides is 1. The average Bonchev–Trinajstić information content (AvgIpc) is 3.20. The molecule has 28 heavy (non-hydrogen) atoms. The summed E-state index contributed by atoms with van der Waals surface area (Å²) in [7, 11) is -3.81. The van der Waals surface area contributed by atoms with E-state index in [0.717, 1.165) is 16.7 Å². The zero-order chi connectivity index (χ0) is 20.0. The zero-order valence-electron chi connectivity index (χ0n) is 15.0. The Balaban J connectivity index is 1.64. The average molecular weight is 438 g/mol. The summed E-state index contributed by atoms with van der Waals surface area (Å²) in [4.78, 5) is 24.6. The maximum atomic E-state index is 12.5. The standard InChI is InChI=1S/C17H19N5O3S3/c1-2-14(27-17-20-10-11-26-17)15(23)21-12-4-6-13(7-5-12)28(24,25)22-16-18-8-3-9-19-16/h3-9,14H,2,10-11H2,1H3,(H,21,23)(H,18,19,22). The Morgan fingerprint density at radius 3 is 2.57 bits per heavy atom. The van der Waals surface area contributed by atoms with Crippen LogP contribution in [0.4, 0.5) is 11.6 Å². The lowest BCUT2D eigenvalue weighted by Gasteiger charge is -2.14. The van der Waals surface area contributed by atoms with Crippen molar-refractivity contribution in [2.45, 2.75) is 23.5 Å². The van der Waals surface area contributed by atoms with Crippen LogP contribution in [-0.4, -0.2) is 46.2 Å². The van der Waals surface area contributed by atoms with E-state index in [4.69, 9.17) is 0 Å². The molecule has 1 unspecified atom stereocenters. The van der Waals surface area contributed by atoms with Crippen molar-refractivity contribution < 1.29 is 13.2 Å². The Morgan fingerprint density at radius 2 is 1.96 bits per heavy atom. The molecule has 1 amide bonds. The maximum Gasteiger partial charge on any atom is 0.264 e. The number of benzene rings is 1. The number of aromatic nitrogens is 2. The first-order valence-corrected chi connectivity index (χ1v) is 11.9. The fraction of sp³-hybridized carbons (Fsp3) is 0.294. The summed E-state index contributed by atoms with van der Waals surface area (Å²) in [6.07, 6.45) is 3.56. The second-order valence-electron chi connectivity index (χ2n) is 5.70. The summed E-state index contributed by atoms with van der Waals surface area (Å²) >= 11 is 3.13. The first-order chi connectivity index (χ1) is 13.5. The van der Waals surface area contributed by atoms with Crippen molar-refractivity contribution >= 4 is 55.5 Å². The number of nitrogens with zero attached hydrogens (tertiary/aromatic N) is 3. The van der Waals surface area contributed by atoms with Crippen molar-refractivity contribution in [1.29, 1.82) is 0 Å². The maximum absolute atomic E-state index is 12.5. The number of anilines is 2. The van der Waals surface area contributed by atoms with E-state index in [1.165, 1.54) is 36.3 Å². The van der Waals surface area contributed by atoms with Gasteiger partial charge in [0.25, 0.3) is 10.0 Å². The van der Waals surface area contributed by atoms with Crippen LogP contribution in [-0.2, 0) is 14.8 Å². The number of hydrogen-bond donors (Lipinski definition) is 2. The molecule has 8 nitrogen and oxygen atoms in total. The summed E-state index contributed by atoms with van der Waals surface area (Å²) in [6, 6.07) is 7.54. The van der Waals surface area contributed by atoms with Crippen LogP contribution in [0.5, 0.6) is 0 Å². The molecule has 2 aromatic rings. The van der Waals surface area contributed by atoms with Crippen molar-refractivity contribution in [3.63, 3.8) is 0 Å².